The number of aryl methyl sites for hydroxylation is 1. The highest BCUT2D eigenvalue weighted by Gasteiger charge is 2.24. The van der Waals surface area contributed by atoms with Gasteiger partial charge in [-0.15, -0.1) is 0 Å². The molecule has 0 atom stereocenters. The third-order valence-corrected chi connectivity index (χ3v) is 6.66. The van der Waals surface area contributed by atoms with Gasteiger partial charge in [-0.05, 0) is 48.4 Å². The third kappa shape index (κ3) is 4.27. The molecule has 156 valence electrons. The summed E-state index contributed by atoms with van der Waals surface area (Å²) >= 11 is 0. The first-order valence-electron chi connectivity index (χ1n) is 9.63. The molecule has 0 radical (unpaired) electrons. The van der Waals surface area contributed by atoms with Crippen molar-refractivity contribution in [2.75, 3.05) is 0 Å². The number of carboxylic acids is 1. The standard InChI is InChI=1S/C24H20N2O4S/c1-17-6-13-20(14-7-17)31(29,30)26-22-5-3-2-4-21(22)25-23(26)16-19-10-8-18(9-11-19)12-15-24(27)28/h2-15H,16H2,1H3,(H,27,28)/b15-12+. The lowest BCUT2D eigenvalue weighted by atomic mass is 10.1. The van der Waals surface area contributed by atoms with E-state index < -0.39 is 16.0 Å². The quantitative estimate of drug-likeness (QED) is 0.460. The predicted molar refractivity (Wildman–Crippen MR) is 119 cm³/mol. The van der Waals surface area contributed by atoms with Crippen LogP contribution in [-0.2, 0) is 21.2 Å². The average Bonchev–Trinajstić information content (AvgIpc) is 3.12. The minimum absolute atomic E-state index is 0.205. The maximum atomic E-state index is 13.5. The molecule has 0 saturated heterocycles. The molecule has 1 N–H and O–H groups in total. The fourth-order valence-electron chi connectivity index (χ4n) is 3.35. The number of nitrogens with zero attached hydrogens (tertiary/aromatic N) is 2. The lowest BCUT2D eigenvalue weighted by Crippen LogP contribution is -2.16. The summed E-state index contributed by atoms with van der Waals surface area (Å²) in [6.07, 6.45) is 2.88. The zero-order chi connectivity index (χ0) is 22.0. The molecule has 4 rings (SSSR count). The van der Waals surface area contributed by atoms with Gasteiger partial charge in [-0.25, -0.2) is 22.2 Å². The van der Waals surface area contributed by atoms with E-state index in [0.29, 0.717) is 23.3 Å². The van der Waals surface area contributed by atoms with E-state index in [4.69, 9.17) is 5.11 Å². The molecule has 0 bridgehead atoms. The number of imidazole rings is 1. The summed E-state index contributed by atoms with van der Waals surface area (Å²) < 4.78 is 28.3. The third-order valence-electron chi connectivity index (χ3n) is 4.90. The van der Waals surface area contributed by atoms with Crippen LogP contribution < -0.4 is 0 Å². The van der Waals surface area contributed by atoms with E-state index in [1.807, 2.05) is 25.1 Å². The molecular formula is C24H20N2O4S. The molecule has 0 aliphatic carbocycles. The number of fused-ring (bicyclic) bond motifs is 1. The van der Waals surface area contributed by atoms with Crippen molar-refractivity contribution in [3.63, 3.8) is 0 Å². The molecule has 0 spiro atoms. The lowest BCUT2D eigenvalue weighted by Gasteiger charge is -2.11. The number of rotatable bonds is 6. The second-order valence-electron chi connectivity index (χ2n) is 7.19. The maximum absolute atomic E-state index is 13.5. The van der Waals surface area contributed by atoms with E-state index in [9.17, 15) is 13.2 Å². The van der Waals surface area contributed by atoms with Crippen molar-refractivity contribution in [2.24, 2.45) is 0 Å². The monoisotopic (exact) mass is 432 g/mol. The SMILES string of the molecule is Cc1ccc(S(=O)(=O)n2c(Cc3ccc(/C=C/C(=O)O)cc3)nc3ccccc32)cc1. The second-order valence-corrected chi connectivity index (χ2v) is 8.98. The summed E-state index contributed by atoms with van der Waals surface area (Å²) in [5.41, 5.74) is 3.72. The molecule has 0 aliphatic rings. The summed E-state index contributed by atoms with van der Waals surface area (Å²) in [6, 6.07) is 21.2. The Balaban J connectivity index is 1.77. The van der Waals surface area contributed by atoms with Crippen LogP contribution in [0.1, 0.15) is 22.5 Å². The molecule has 7 heteroatoms. The van der Waals surface area contributed by atoms with Crippen LogP contribution in [0.2, 0.25) is 0 Å². The molecule has 4 aromatic rings. The summed E-state index contributed by atoms with van der Waals surface area (Å²) in [7, 11) is -3.84. The number of benzene rings is 3. The zero-order valence-corrected chi connectivity index (χ0v) is 17.6. The smallest absolute Gasteiger partial charge is 0.328 e. The van der Waals surface area contributed by atoms with Gasteiger partial charge in [0.25, 0.3) is 10.0 Å². The van der Waals surface area contributed by atoms with Crippen molar-refractivity contribution in [3.05, 3.63) is 101 Å². The second kappa shape index (κ2) is 8.20. The summed E-state index contributed by atoms with van der Waals surface area (Å²) in [5, 5.41) is 8.75. The van der Waals surface area contributed by atoms with Gasteiger partial charge in [0.05, 0.1) is 15.9 Å². The molecule has 0 aliphatic heterocycles. The van der Waals surface area contributed by atoms with Gasteiger partial charge >= 0.3 is 5.97 Å². The molecule has 1 heterocycles. The van der Waals surface area contributed by atoms with Crippen molar-refractivity contribution >= 4 is 33.1 Å². The van der Waals surface area contributed by atoms with Crippen molar-refractivity contribution in [1.29, 1.82) is 0 Å². The Morgan fingerprint density at radius 3 is 2.35 bits per heavy atom. The Morgan fingerprint density at radius 2 is 1.68 bits per heavy atom. The van der Waals surface area contributed by atoms with Crippen LogP contribution in [0.4, 0.5) is 0 Å². The first-order valence-corrected chi connectivity index (χ1v) is 11.1. The molecule has 0 fully saturated rings. The number of aromatic nitrogens is 2. The summed E-state index contributed by atoms with van der Waals surface area (Å²) in [5.74, 6) is -0.602. The highest BCUT2D eigenvalue weighted by atomic mass is 32.2. The van der Waals surface area contributed by atoms with Crippen LogP contribution in [0, 0.1) is 6.92 Å². The first-order chi connectivity index (χ1) is 14.8. The van der Waals surface area contributed by atoms with Crippen LogP contribution in [0.25, 0.3) is 17.1 Å². The number of carboxylic acid groups (broad SMARTS) is 1. The number of hydrogen-bond acceptors (Lipinski definition) is 4. The largest absolute Gasteiger partial charge is 0.478 e. The van der Waals surface area contributed by atoms with Crippen molar-refractivity contribution in [2.45, 2.75) is 18.2 Å². The minimum atomic E-state index is -3.84. The van der Waals surface area contributed by atoms with Gasteiger partial charge in [-0.3, -0.25) is 0 Å². The molecular weight excluding hydrogens is 412 g/mol. The zero-order valence-electron chi connectivity index (χ0n) is 16.8. The van der Waals surface area contributed by atoms with Gasteiger partial charge in [0.15, 0.2) is 0 Å². The first kappa shape index (κ1) is 20.6. The van der Waals surface area contributed by atoms with Gasteiger partial charge in [0, 0.05) is 12.5 Å². The van der Waals surface area contributed by atoms with E-state index >= 15 is 0 Å². The normalized spacial score (nSPS) is 11.9. The van der Waals surface area contributed by atoms with E-state index in [1.165, 1.54) is 10.0 Å². The van der Waals surface area contributed by atoms with E-state index in [0.717, 1.165) is 22.8 Å². The molecule has 31 heavy (non-hydrogen) atoms. The number of hydrogen-bond donors (Lipinski definition) is 1. The number of carbonyl (C=O) groups is 1. The van der Waals surface area contributed by atoms with Crippen molar-refractivity contribution in [1.82, 2.24) is 8.96 Å². The topological polar surface area (TPSA) is 89.3 Å². The Labute approximate surface area is 180 Å². The van der Waals surface area contributed by atoms with Gasteiger partial charge < -0.3 is 5.11 Å². The summed E-state index contributed by atoms with van der Waals surface area (Å²) in [4.78, 5) is 15.5. The Bertz CT molecular complexity index is 1380. The van der Waals surface area contributed by atoms with Crippen LogP contribution in [-0.4, -0.2) is 28.5 Å². The molecule has 3 aromatic carbocycles. The molecule has 1 aromatic heterocycles. The van der Waals surface area contributed by atoms with Gasteiger partial charge in [0.2, 0.25) is 0 Å². The molecule has 0 saturated carbocycles. The lowest BCUT2D eigenvalue weighted by molar-refractivity contribution is -0.131. The number of para-hydroxylation sites is 2. The minimum Gasteiger partial charge on any atom is -0.478 e. The molecule has 6 nitrogen and oxygen atoms in total. The molecule has 0 amide bonds. The maximum Gasteiger partial charge on any atom is 0.328 e. The van der Waals surface area contributed by atoms with Gasteiger partial charge in [-0.1, -0.05) is 54.1 Å². The van der Waals surface area contributed by atoms with Gasteiger partial charge in [-0.2, -0.15) is 0 Å². The fourth-order valence-corrected chi connectivity index (χ4v) is 4.83. The van der Waals surface area contributed by atoms with Crippen LogP contribution in [0.5, 0.6) is 0 Å². The summed E-state index contributed by atoms with van der Waals surface area (Å²) in [6.45, 7) is 1.91. The highest BCUT2D eigenvalue weighted by Crippen LogP contribution is 2.25. The van der Waals surface area contributed by atoms with Crippen LogP contribution in [0.15, 0.2) is 83.8 Å². The van der Waals surface area contributed by atoms with Crippen molar-refractivity contribution < 1.29 is 18.3 Å². The van der Waals surface area contributed by atoms with E-state index in [-0.39, 0.29) is 4.90 Å². The van der Waals surface area contributed by atoms with Crippen LogP contribution in [0.3, 0.4) is 0 Å². The Morgan fingerprint density at radius 1 is 1.00 bits per heavy atom. The predicted octanol–water partition coefficient (Wildman–Crippen LogP) is 4.27. The fraction of sp³-hybridized carbons (Fsp3) is 0.0833. The van der Waals surface area contributed by atoms with Crippen molar-refractivity contribution in [3.8, 4) is 0 Å². The van der Waals surface area contributed by atoms with E-state index in [1.54, 1.807) is 54.6 Å². The number of aliphatic carboxylic acids is 1. The van der Waals surface area contributed by atoms with E-state index in [2.05, 4.69) is 4.98 Å². The Kier molecular flexibility index (Phi) is 5.44. The Hall–Kier alpha value is -3.71. The molecule has 0 unspecified atom stereocenters. The van der Waals surface area contributed by atoms with Gasteiger partial charge in [0.1, 0.15) is 5.82 Å². The average molecular weight is 433 g/mol. The highest BCUT2D eigenvalue weighted by molar-refractivity contribution is 7.90. The van der Waals surface area contributed by atoms with Crippen LogP contribution >= 0.6 is 0 Å².